The average molecular weight is 304 g/mol. The molecule has 2 aliphatic rings. The minimum atomic E-state index is -3.04. The Bertz CT molecular complexity index is 518. The third-order valence-electron chi connectivity index (χ3n) is 4.38. The van der Waals surface area contributed by atoms with Gasteiger partial charge in [-0.2, -0.15) is 0 Å². The molecule has 114 valence electrons. The van der Waals surface area contributed by atoms with Crippen molar-refractivity contribution in [3.63, 3.8) is 0 Å². The van der Waals surface area contributed by atoms with Crippen LogP contribution in [0.5, 0.6) is 0 Å². The third kappa shape index (κ3) is 2.74. The van der Waals surface area contributed by atoms with Crippen LogP contribution in [0.15, 0.2) is 0 Å². The maximum atomic E-state index is 12.4. The number of carboxylic acid groups (broad SMARTS) is 1. The lowest BCUT2D eigenvalue weighted by molar-refractivity contribution is -0.142. The number of amides is 2. The SMILES string of the molecule is CC1C(C(=O)O)CCN1C(=O)N(C)C1CCS(=O)(=O)C1. The maximum absolute atomic E-state index is 12.4. The van der Waals surface area contributed by atoms with E-state index in [1.807, 2.05) is 0 Å². The highest BCUT2D eigenvalue weighted by Crippen LogP contribution is 2.27. The zero-order chi connectivity index (χ0) is 15.1. The zero-order valence-corrected chi connectivity index (χ0v) is 12.5. The van der Waals surface area contributed by atoms with Gasteiger partial charge in [-0.1, -0.05) is 0 Å². The number of carbonyl (C=O) groups is 2. The number of carbonyl (C=O) groups excluding carboxylic acids is 1. The van der Waals surface area contributed by atoms with E-state index in [-0.39, 0.29) is 29.6 Å². The standard InChI is InChI=1S/C12H20N2O5S/c1-8-10(11(15)16)3-5-14(8)12(17)13(2)9-4-6-20(18,19)7-9/h8-10H,3-7H2,1-2H3,(H,15,16). The van der Waals surface area contributed by atoms with Gasteiger partial charge in [0.05, 0.1) is 17.4 Å². The Labute approximate surface area is 118 Å². The van der Waals surface area contributed by atoms with Gasteiger partial charge in [0.25, 0.3) is 0 Å². The van der Waals surface area contributed by atoms with Crippen LogP contribution in [-0.4, -0.2) is 72.5 Å². The Morgan fingerprint density at radius 2 is 1.95 bits per heavy atom. The van der Waals surface area contributed by atoms with Crippen LogP contribution in [-0.2, 0) is 14.6 Å². The summed E-state index contributed by atoms with van der Waals surface area (Å²) in [4.78, 5) is 26.4. The van der Waals surface area contributed by atoms with Gasteiger partial charge in [0.2, 0.25) is 0 Å². The fourth-order valence-corrected chi connectivity index (χ4v) is 4.75. The lowest BCUT2D eigenvalue weighted by atomic mass is 10.0. The van der Waals surface area contributed by atoms with Crippen LogP contribution in [0.1, 0.15) is 19.8 Å². The smallest absolute Gasteiger partial charge is 0.320 e. The van der Waals surface area contributed by atoms with E-state index in [2.05, 4.69) is 0 Å². The van der Waals surface area contributed by atoms with Crippen LogP contribution >= 0.6 is 0 Å². The Balaban J connectivity index is 2.03. The summed E-state index contributed by atoms with van der Waals surface area (Å²) in [5.74, 6) is -1.32. The van der Waals surface area contributed by atoms with Crippen LogP contribution in [0.2, 0.25) is 0 Å². The van der Waals surface area contributed by atoms with Crippen molar-refractivity contribution in [3.8, 4) is 0 Å². The molecule has 0 aromatic carbocycles. The molecule has 3 unspecified atom stereocenters. The molecule has 3 atom stereocenters. The second kappa shape index (κ2) is 5.23. The van der Waals surface area contributed by atoms with Gasteiger partial charge in [-0.25, -0.2) is 13.2 Å². The molecule has 0 saturated carbocycles. The molecule has 2 heterocycles. The van der Waals surface area contributed by atoms with E-state index >= 15 is 0 Å². The first-order valence-corrected chi connectivity index (χ1v) is 8.52. The monoisotopic (exact) mass is 304 g/mol. The van der Waals surface area contributed by atoms with Crippen LogP contribution in [0.25, 0.3) is 0 Å². The summed E-state index contributed by atoms with van der Waals surface area (Å²) in [6.07, 6.45) is 0.897. The molecule has 0 aromatic heterocycles. The fourth-order valence-electron chi connectivity index (χ4n) is 2.98. The summed E-state index contributed by atoms with van der Waals surface area (Å²) >= 11 is 0. The normalized spacial score (nSPS) is 32.3. The van der Waals surface area contributed by atoms with E-state index in [1.54, 1.807) is 14.0 Å². The van der Waals surface area contributed by atoms with Crippen LogP contribution < -0.4 is 0 Å². The van der Waals surface area contributed by atoms with Gasteiger partial charge in [0.1, 0.15) is 0 Å². The van der Waals surface area contributed by atoms with Crippen LogP contribution in [0.3, 0.4) is 0 Å². The number of aliphatic carboxylic acids is 1. The largest absolute Gasteiger partial charge is 0.481 e. The molecular weight excluding hydrogens is 284 g/mol. The number of nitrogens with zero attached hydrogens (tertiary/aromatic N) is 2. The van der Waals surface area contributed by atoms with Crippen molar-refractivity contribution in [1.29, 1.82) is 0 Å². The molecule has 7 nitrogen and oxygen atoms in total. The molecule has 2 fully saturated rings. The second-order valence-corrected chi connectivity index (χ2v) is 7.85. The first-order valence-electron chi connectivity index (χ1n) is 6.69. The molecule has 2 aliphatic heterocycles. The van der Waals surface area contributed by atoms with Gasteiger partial charge in [-0.3, -0.25) is 4.79 Å². The molecule has 2 saturated heterocycles. The topological polar surface area (TPSA) is 95.0 Å². The van der Waals surface area contributed by atoms with Gasteiger partial charge in [-0.05, 0) is 19.8 Å². The minimum Gasteiger partial charge on any atom is -0.481 e. The lowest BCUT2D eigenvalue weighted by Crippen LogP contribution is -2.48. The molecule has 2 amide bonds. The summed E-state index contributed by atoms with van der Waals surface area (Å²) in [5.41, 5.74) is 0. The quantitative estimate of drug-likeness (QED) is 0.776. The Morgan fingerprint density at radius 1 is 1.30 bits per heavy atom. The molecule has 2 rings (SSSR count). The highest BCUT2D eigenvalue weighted by Gasteiger charge is 2.41. The summed E-state index contributed by atoms with van der Waals surface area (Å²) < 4.78 is 22.9. The number of sulfone groups is 1. The van der Waals surface area contributed by atoms with Gasteiger partial charge in [0, 0.05) is 25.7 Å². The molecule has 8 heteroatoms. The van der Waals surface area contributed by atoms with Gasteiger partial charge in [-0.15, -0.1) is 0 Å². The molecule has 1 N–H and O–H groups in total. The number of urea groups is 1. The molecule has 20 heavy (non-hydrogen) atoms. The van der Waals surface area contributed by atoms with Crippen molar-refractivity contribution in [3.05, 3.63) is 0 Å². The van der Waals surface area contributed by atoms with Gasteiger partial charge < -0.3 is 14.9 Å². The van der Waals surface area contributed by atoms with Crippen molar-refractivity contribution >= 4 is 21.8 Å². The number of likely N-dealkylation sites (tertiary alicyclic amines) is 1. The highest BCUT2D eigenvalue weighted by molar-refractivity contribution is 7.91. The highest BCUT2D eigenvalue weighted by atomic mass is 32.2. The Kier molecular flexibility index (Phi) is 3.95. The van der Waals surface area contributed by atoms with E-state index in [4.69, 9.17) is 5.11 Å². The van der Waals surface area contributed by atoms with Crippen molar-refractivity contribution in [2.45, 2.75) is 31.8 Å². The van der Waals surface area contributed by atoms with E-state index in [0.717, 1.165) is 0 Å². The van der Waals surface area contributed by atoms with E-state index in [1.165, 1.54) is 9.80 Å². The number of carboxylic acids is 1. The summed E-state index contributed by atoms with van der Waals surface area (Å²) in [7, 11) is -1.45. The second-order valence-electron chi connectivity index (χ2n) is 5.62. The zero-order valence-electron chi connectivity index (χ0n) is 11.7. The number of hydrogen-bond donors (Lipinski definition) is 1. The predicted octanol–water partition coefficient (Wildman–Crippen LogP) is 0.0203. The lowest BCUT2D eigenvalue weighted by Gasteiger charge is -2.31. The van der Waals surface area contributed by atoms with E-state index in [9.17, 15) is 18.0 Å². The minimum absolute atomic E-state index is 0.000178. The van der Waals surface area contributed by atoms with Gasteiger partial charge >= 0.3 is 12.0 Å². The van der Waals surface area contributed by atoms with Gasteiger partial charge in [0.15, 0.2) is 9.84 Å². The number of hydrogen-bond acceptors (Lipinski definition) is 4. The molecule has 0 aliphatic carbocycles. The summed E-state index contributed by atoms with van der Waals surface area (Å²) in [6, 6.07) is -0.938. The van der Waals surface area contributed by atoms with Crippen LogP contribution in [0.4, 0.5) is 4.79 Å². The van der Waals surface area contributed by atoms with E-state index < -0.39 is 21.7 Å². The molecule has 0 spiro atoms. The van der Waals surface area contributed by atoms with Crippen LogP contribution in [0, 0.1) is 5.92 Å². The van der Waals surface area contributed by atoms with Crippen molar-refractivity contribution in [1.82, 2.24) is 9.80 Å². The summed E-state index contributed by atoms with van der Waals surface area (Å²) in [5, 5.41) is 9.07. The Morgan fingerprint density at radius 3 is 2.40 bits per heavy atom. The van der Waals surface area contributed by atoms with Crippen molar-refractivity contribution in [2.24, 2.45) is 5.92 Å². The predicted molar refractivity (Wildman–Crippen MR) is 72.1 cm³/mol. The Hall–Kier alpha value is -1.31. The third-order valence-corrected chi connectivity index (χ3v) is 6.13. The first-order chi connectivity index (χ1) is 9.23. The number of rotatable bonds is 2. The fraction of sp³-hybridized carbons (Fsp3) is 0.833. The summed E-state index contributed by atoms with van der Waals surface area (Å²) in [6.45, 7) is 2.13. The van der Waals surface area contributed by atoms with Crippen molar-refractivity contribution in [2.75, 3.05) is 25.1 Å². The molecule has 0 aromatic rings. The molecule has 0 radical (unpaired) electrons. The maximum Gasteiger partial charge on any atom is 0.320 e. The van der Waals surface area contributed by atoms with Crippen molar-refractivity contribution < 1.29 is 23.1 Å². The molecular formula is C12H20N2O5S. The van der Waals surface area contributed by atoms with E-state index in [0.29, 0.717) is 19.4 Å². The molecule has 0 bridgehead atoms. The average Bonchev–Trinajstić information content (AvgIpc) is 2.90. The first kappa shape index (κ1) is 15.1.